The van der Waals surface area contributed by atoms with Crippen molar-refractivity contribution in [3.63, 3.8) is 0 Å². The fourth-order valence-corrected chi connectivity index (χ4v) is 2.13. The van der Waals surface area contributed by atoms with Gasteiger partial charge in [0.1, 0.15) is 0 Å². The second kappa shape index (κ2) is 9.35. The summed E-state index contributed by atoms with van der Waals surface area (Å²) in [7, 11) is 0. The van der Waals surface area contributed by atoms with Crippen molar-refractivity contribution < 1.29 is 4.74 Å². The quantitative estimate of drug-likeness (QED) is 0.745. The van der Waals surface area contributed by atoms with Crippen LogP contribution in [0, 0.1) is 11.8 Å². The van der Waals surface area contributed by atoms with E-state index in [4.69, 9.17) is 16.3 Å². The Hall–Kier alpha value is -0.570. The number of nitrogens with one attached hydrogen (secondary N) is 1. The number of halogens is 1. The molecule has 0 radical (unpaired) electrons. The Morgan fingerprint density at radius 1 is 1.16 bits per heavy atom. The lowest BCUT2D eigenvalue weighted by Crippen LogP contribution is -2.30. The van der Waals surface area contributed by atoms with Gasteiger partial charge in [0.15, 0.2) is 0 Å². The maximum Gasteiger partial charge on any atom is 0.0509 e. The van der Waals surface area contributed by atoms with Crippen molar-refractivity contribution in [2.75, 3.05) is 26.3 Å². The van der Waals surface area contributed by atoms with Gasteiger partial charge in [-0.15, -0.1) is 0 Å². The molecular formula is C16H26ClNO. The van der Waals surface area contributed by atoms with E-state index in [2.05, 4.69) is 31.3 Å². The highest BCUT2D eigenvalue weighted by Gasteiger charge is 2.10. The molecule has 3 heteroatoms. The lowest BCUT2D eigenvalue weighted by atomic mass is 10.00. The van der Waals surface area contributed by atoms with Crippen molar-refractivity contribution in [2.45, 2.75) is 27.2 Å². The maximum absolute atomic E-state index is 5.91. The molecule has 1 N–H and O–H groups in total. The largest absolute Gasteiger partial charge is 0.381 e. The number of hydrogen-bond donors (Lipinski definition) is 1. The highest BCUT2D eigenvalue weighted by Crippen LogP contribution is 2.13. The van der Waals surface area contributed by atoms with Gasteiger partial charge in [0, 0.05) is 18.2 Å². The van der Waals surface area contributed by atoms with Crippen LogP contribution in [-0.2, 0) is 11.2 Å². The highest BCUT2D eigenvalue weighted by atomic mass is 35.5. The molecule has 1 aromatic carbocycles. The average molecular weight is 284 g/mol. The Balaban J connectivity index is 2.45. The smallest absolute Gasteiger partial charge is 0.0509 e. The molecule has 1 rings (SSSR count). The van der Waals surface area contributed by atoms with Crippen LogP contribution in [0.5, 0.6) is 0 Å². The molecule has 0 saturated carbocycles. The zero-order valence-electron chi connectivity index (χ0n) is 12.3. The molecule has 0 aliphatic carbocycles. The second-order valence-corrected chi connectivity index (χ2v) is 5.84. The van der Waals surface area contributed by atoms with Crippen LogP contribution in [0.2, 0.25) is 5.02 Å². The zero-order valence-corrected chi connectivity index (χ0v) is 13.0. The summed E-state index contributed by atoms with van der Waals surface area (Å²) >= 11 is 5.91. The van der Waals surface area contributed by atoms with Gasteiger partial charge in [-0.1, -0.05) is 37.6 Å². The fraction of sp³-hybridized carbons (Fsp3) is 0.625. The van der Waals surface area contributed by atoms with Crippen LogP contribution in [-0.4, -0.2) is 26.3 Å². The topological polar surface area (TPSA) is 21.3 Å². The Labute approximate surface area is 122 Å². The molecule has 1 aromatic rings. The summed E-state index contributed by atoms with van der Waals surface area (Å²) in [4.78, 5) is 0. The van der Waals surface area contributed by atoms with Gasteiger partial charge in [-0.3, -0.25) is 0 Å². The molecule has 0 amide bonds. The maximum atomic E-state index is 5.91. The average Bonchev–Trinajstić information content (AvgIpc) is 2.38. The van der Waals surface area contributed by atoms with E-state index < -0.39 is 0 Å². The minimum Gasteiger partial charge on any atom is -0.381 e. The monoisotopic (exact) mass is 283 g/mol. The predicted octanol–water partition coefficient (Wildman–Crippen LogP) is 3.78. The van der Waals surface area contributed by atoms with Crippen molar-refractivity contribution in [3.05, 3.63) is 34.9 Å². The summed E-state index contributed by atoms with van der Waals surface area (Å²) in [6.07, 6.45) is 1.03. The van der Waals surface area contributed by atoms with Crippen molar-refractivity contribution in [3.8, 4) is 0 Å². The fourth-order valence-electron chi connectivity index (χ4n) is 2.00. The predicted molar refractivity (Wildman–Crippen MR) is 82.8 cm³/mol. The first-order valence-corrected chi connectivity index (χ1v) is 7.52. The Bertz CT molecular complexity index is 337. The molecule has 0 saturated heterocycles. The second-order valence-electron chi connectivity index (χ2n) is 5.41. The third kappa shape index (κ3) is 7.56. The minimum absolute atomic E-state index is 0.514. The van der Waals surface area contributed by atoms with Crippen LogP contribution < -0.4 is 5.32 Å². The van der Waals surface area contributed by atoms with Gasteiger partial charge in [-0.2, -0.15) is 0 Å². The molecule has 108 valence electrons. The first-order valence-electron chi connectivity index (χ1n) is 7.14. The van der Waals surface area contributed by atoms with Crippen molar-refractivity contribution in [2.24, 2.45) is 11.8 Å². The summed E-state index contributed by atoms with van der Waals surface area (Å²) in [6, 6.07) is 8.11. The van der Waals surface area contributed by atoms with Crippen LogP contribution in [0.3, 0.4) is 0 Å². The van der Waals surface area contributed by atoms with Gasteiger partial charge in [-0.05, 0) is 49.4 Å². The third-order valence-electron chi connectivity index (χ3n) is 2.98. The van der Waals surface area contributed by atoms with Gasteiger partial charge >= 0.3 is 0 Å². The van der Waals surface area contributed by atoms with E-state index in [-0.39, 0.29) is 0 Å². The van der Waals surface area contributed by atoms with E-state index in [1.54, 1.807) is 0 Å². The molecule has 0 aliphatic heterocycles. The summed E-state index contributed by atoms with van der Waals surface area (Å²) in [5.41, 5.74) is 1.32. The molecule has 0 spiro atoms. The molecule has 0 fully saturated rings. The van der Waals surface area contributed by atoms with Gasteiger partial charge in [0.25, 0.3) is 0 Å². The van der Waals surface area contributed by atoms with Crippen LogP contribution in [0.4, 0.5) is 0 Å². The molecular weight excluding hydrogens is 258 g/mol. The number of benzene rings is 1. The zero-order chi connectivity index (χ0) is 14.1. The number of hydrogen-bond acceptors (Lipinski definition) is 2. The van der Waals surface area contributed by atoms with Crippen molar-refractivity contribution in [1.29, 1.82) is 0 Å². The van der Waals surface area contributed by atoms with Crippen LogP contribution in [0.1, 0.15) is 26.3 Å². The molecule has 0 heterocycles. The van der Waals surface area contributed by atoms with Gasteiger partial charge in [0.05, 0.1) is 6.61 Å². The Kier molecular flexibility index (Phi) is 8.11. The van der Waals surface area contributed by atoms with E-state index in [1.807, 2.05) is 19.1 Å². The van der Waals surface area contributed by atoms with Crippen molar-refractivity contribution in [1.82, 2.24) is 5.32 Å². The van der Waals surface area contributed by atoms with E-state index >= 15 is 0 Å². The summed E-state index contributed by atoms with van der Waals surface area (Å²) in [5, 5.41) is 4.31. The molecule has 2 nitrogen and oxygen atoms in total. The van der Waals surface area contributed by atoms with E-state index in [1.165, 1.54) is 5.56 Å². The first-order chi connectivity index (χ1) is 9.11. The first kappa shape index (κ1) is 16.5. The summed E-state index contributed by atoms with van der Waals surface area (Å²) in [5.74, 6) is 1.20. The molecule has 1 unspecified atom stereocenters. The molecule has 0 bridgehead atoms. The van der Waals surface area contributed by atoms with Crippen LogP contribution >= 0.6 is 11.6 Å². The highest BCUT2D eigenvalue weighted by molar-refractivity contribution is 6.30. The number of rotatable bonds is 9. The Morgan fingerprint density at radius 2 is 1.84 bits per heavy atom. The van der Waals surface area contributed by atoms with Crippen LogP contribution in [0.15, 0.2) is 24.3 Å². The van der Waals surface area contributed by atoms with Gasteiger partial charge < -0.3 is 10.1 Å². The molecule has 0 aromatic heterocycles. The molecule has 1 atom stereocenters. The van der Waals surface area contributed by atoms with Crippen molar-refractivity contribution >= 4 is 11.6 Å². The van der Waals surface area contributed by atoms with E-state index in [0.717, 1.165) is 37.7 Å². The standard InChI is InChI=1S/C16H26ClNO/c1-4-19-12-15(11-18-10-13(2)3)9-14-5-7-16(17)8-6-14/h5-8,13,15,18H,4,9-12H2,1-3H3. The number of ether oxygens (including phenoxy) is 1. The van der Waals surface area contributed by atoms with E-state index in [0.29, 0.717) is 11.8 Å². The molecule has 19 heavy (non-hydrogen) atoms. The third-order valence-corrected chi connectivity index (χ3v) is 3.23. The molecule has 0 aliphatic rings. The van der Waals surface area contributed by atoms with Gasteiger partial charge in [0.2, 0.25) is 0 Å². The normalized spacial score (nSPS) is 12.9. The van der Waals surface area contributed by atoms with E-state index in [9.17, 15) is 0 Å². The Morgan fingerprint density at radius 3 is 2.42 bits per heavy atom. The SMILES string of the molecule is CCOCC(CNCC(C)C)Cc1ccc(Cl)cc1. The lowest BCUT2D eigenvalue weighted by Gasteiger charge is -2.18. The lowest BCUT2D eigenvalue weighted by molar-refractivity contribution is 0.109. The summed E-state index contributed by atoms with van der Waals surface area (Å²) < 4.78 is 5.58. The summed E-state index contributed by atoms with van der Waals surface area (Å²) in [6.45, 7) is 10.1. The minimum atomic E-state index is 0.514. The van der Waals surface area contributed by atoms with Crippen LogP contribution in [0.25, 0.3) is 0 Å². The van der Waals surface area contributed by atoms with Gasteiger partial charge in [-0.25, -0.2) is 0 Å².